The molecule has 0 atom stereocenters. The molecule has 0 aromatic heterocycles. The first kappa shape index (κ1) is 20.2. The van der Waals surface area contributed by atoms with Gasteiger partial charge in [-0.15, -0.1) is 0 Å². The van der Waals surface area contributed by atoms with Crippen molar-refractivity contribution >= 4 is 22.0 Å². The van der Waals surface area contributed by atoms with Gasteiger partial charge in [0.05, 0.1) is 4.90 Å². The number of nitrogens with zero attached hydrogens (tertiary/aromatic N) is 3. The second-order valence-electron chi connectivity index (χ2n) is 5.97. The molecule has 1 aliphatic rings. The van der Waals surface area contributed by atoms with E-state index < -0.39 is 10.0 Å². The molecule has 26 heavy (non-hydrogen) atoms. The molecular weight excluding hydrogens is 356 g/mol. The van der Waals surface area contributed by atoms with Gasteiger partial charge >= 0.3 is 6.03 Å². The lowest BCUT2D eigenvalue weighted by atomic mass is 10.2. The van der Waals surface area contributed by atoms with E-state index in [2.05, 4.69) is 4.72 Å². The van der Waals surface area contributed by atoms with Gasteiger partial charge in [-0.1, -0.05) is 6.07 Å². The number of amides is 3. The third-order valence-corrected chi connectivity index (χ3v) is 5.94. The molecule has 8 nitrogen and oxygen atoms in total. The van der Waals surface area contributed by atoms with Crippen molar-refractivity contribution in [3.05, 3.63) is 29.8 Å². The minimum atomic E-state index is -3.60. The predicted octanol–water partition coefficient (Wildman–Crippen LogP) is 0.814. The number of sulfonamides is 1. The van der Waals surface area contributed by atoms with Crippen molar-refractivity contribution in [2.45, 2.75) is 18.7 Å². The van der Waals surface area contributed by atoms with Crippen LogP contribution in [-0.4, -0.2) is 81.4 Å². The van der Waals surface area contributed by atoms with Crippen LogP contribution in [0.2, 0.25) is 0 Å². The third kappa shape index (κ3) is 4.34. The van der Waals surface area contributed by atoms with Crippen LogP contribution in [0.15, 0.2) is 29.2 Å². The van der Waals surface area contributed by atoms with Gasteiger partial charge in [-0.25, -0.2) is 17.9 Å². The van der Waals surface area contributed by atoms with E-state index in [0.717, 1.165) is 0 Å². The fraction of sp³-hybridized carbons (Fsp3) is 0.529. The molecule has 0 spiro atoms. The molecule has 1 aromatic carbocycles. The molecule has 144 valence electrons. The van der Waals surface area contributed by atoms with E-state index >= 15 is 0 Å². The number of hydrogen-bond acceptors (Lipinski definition) is 4. The van der Waals surface area contributed by atoms with E-state index in [1.54, 1.807) is 26.8 Å². The topological polar surface area (TPSA) is 90.0 Å². The first-order valence-corrected chi connectivity index (χ1v) is 10.2. The Kier molecular flexibility index (Phi) is 6.60. The van der Waals surface area contributed by atoms with Gasteiger partial charge in [-0.3, -0.25) is 4.79 Å². The summed E-state index contributed by atoms with van der Waals surface area (Å²) < 4.78 is 26.1. The van der Waals surface area contributed by atoms with Crippen molar-refractivity contribution in [1.29, 1.82) is 0 Å². The fourth-order valence-electron chi connectivity index (χ4n) is 2.89. The molecule has 0 saturated carbocycles. The van der Waals surface area contributed by atoms with Crippen LogP contribution in [0, 0.1) is 0 Å². The Morgan fingerprint density at radius 3 is 2.19 bits per heavy atom. The highest BCUT2D eigenvalue weighted by Crippen LogP contribution is 2.15. The molecule has 1 aromatic rings. The lowest BCUT2D eigenvalue weighted by Crippen LogP contribution is -2.54. The second kappa shape index (κ2) is 8.50. The lowest BCUT2D eigenvalue weighted by molar-refractivity contribution is 0.0641. The van der Waals surface area contributed by atoms with Crippen molar-refractivity contribution in [1.82, 2.24) is 19.4 Å². The molecule has 0 aliphatic carbocycles. The van der Waals surface area contributed by atoms with Crippen LogP contribution in [0.3, 0.4) is 0 Å². The molecule has 0 unspecified atom stereocenters. The molecule has 2 rings (SSSR count). The van der Waals surface area contributed by atoms with E-state index in [1.807, 2.05) is 13.8 Å². The van der Waals surface area contributed by atoms with Crippen molar-refractivity contribution in [2.75, 3.05) is 46.3 Å². The van der Waals surface area contributed by atoms with Gasteiger partial charge in [-0.2, -0.15) is 0 Å². The Hall–Kier alpha value is -2.13. The fourth-order valence-corrected chi connectivity index (χ4v) is 3.67. The van der Waals surface area contributed by atoms with Gasteiger partial charge in [0, 0.05) is 44.8 Å². The van der Waals surface area contributed by atoms with E-state index in [9.17, 15) is 18.0 Å². The smallest absolute Gasteiger partial charge is 0.320 e. The minimum absolute atomic E-state index is 0.00999. The molecular formula is C17H26N4O4S. The van der Waals surface area contributed by atoms with Gasteiger partial charge in [0.2, 0.25) is 10.0 Å². The summed E-state index contributed by atoms with van der Waals surface area (Å²) in [6, 6.07) is 5.97. The number of carbonyl (C=O) groups is 2. The van der Waals surface area contributed by atoms with Gasteiger partial charge in [0.1, 0.15) is 0 Å². The molecule has 1 saturated heterocycles. The Balaban J connectivity index is 2.05. The summed E-state index contributed by atoms with van der Waals surface area (Å²) in [6.45, 7) is 6.97. The molecule has 1 heterocycles. The van der Waals surface area contributed by atoms with Crippen molar-refractivity contribution in [3.63, 3.8) is 0 Å². The number of piperazine rings is 1. The summed E-state index contributed by atoms with van der Waals surface area (Å²) in [5.41, 5.74) is 0.324. The maximum atomic E-state index is 12.7. The number of nitrogens with one attached hydrogen (secondary N) is 1. The molecule has 0 bridgehead atoms. The summed E-state index contributed by atoms with van der Waals surface area (Å²) >= 11 is 0. The van der Waals surface area contributed by atoms with Crippen LogP contribution in [0.5, 0.6) is 0 Å². The number of carbonyl (C=O) groups excluding carboxylic acids is 2. The number of rotatable bonds is 5. The Bertz CT molecular complexity index is 754. The molecule has 0 radical (unpaired) electrons. The Morgan fingerprint density at radius 2 is 1.65 bits per heavy atom. The summed E-state index contributed by atoms with van der Waals surface area (Å²) in [6.07, 6.45) is 0. The van der Waals surface area contributed by atoms with Crippen LogP contribution in [0.4, 0.5) is 4.79 Å². The average molecular weight is 382 g/mol. The van der Waals surface area contributed by atoms with Crippen molar-refractivity contribution < 1.29 is 18.0 Å². The van der Waals surface area contributed by atoms with Crippen LogP contribution in [0.1, 0.15) is 24.2 Å². The number of benzene rings is 1. The summed E-state index contributed by atoms with van der Waals surface area (Å²) in [7, 11) is -2.27. The van der Waals surface area contributed by atoms with Crippen LogP contribution >= 0.6 is 0 Å². The zero-order chi connectivity index (χ0) is 19.3. The highest BCUT2D eigenvalue weighted by Gasteiger charge is 2.27. The summed E-state index contributed by atoms with van der Waals surface area (Å²) in [5, 5.41) is 0. The zero-order valence-electron chi connectivity index (χ0n) is 15.4. The first-order valence-electron chi connectivity index (χ1n) is 8.70. The molecule has 3 amide bonds. The minimum Gasteiger partial charge on any atom is -0.335 e. The van der Waals surface area contributed by atoms with Crippen LogP contribution in [0.25, 0.3) is 0 Å². The van der Waals surface area contributed by atoms with Crippen molar-refractivity contribution in [2.24, 2.45) is 0 Å². The van der Waals surface area contributed by atoms with Crippen LogP contribution < -0.4 is 4.72 Å². The molecule has 9 heteroatoms. The van der Waals surface area contributed by atoms with E-state index in [1.165, 1.54) is 19.2 Å². The first-order chi connectivity index (χ1) is 12.3. The standard InChI is InChI=1S/C17H26N4O4S/c1-4-19(5-2)17(23)21-11-9-20(10-12-21)16(22)14-7-6-8-15(13-14)26(24,25)18-3/h6-8,13,18H,4-5,9-12H2,1-3H3. The maximum absolute atomic E-state index is 12.7. The zero-order valence-corrected chi connectivity index (χ0v) is 16.3. The lowest BCUT2D eigenvalue weighted by Gasteiger charge is -2.37. The van der Waals surface area contributed by atoms with E-state index in [0.29, 0.717) is 44.8 Å². The van der Waals surface area contributed by atoms with E-state index in [4.69, 9.17) is 0 Å². The molecule has 1 fully saturated rings. The van der Waals surface area contributed by atoms with Crippen LogP contribution in [-0.2, 0) is 10.0 Å². The second-order valence-corrected chi connectivity index (χ2v) is 7.86. The monoisotopic (exact) mass is 382 g/mol. The quantitative estimate of drug-likeness (QED) is 0.816. The average Bonchev–Trinajstić information content (AvgIpc) is 2.68. The van der Waals surface area contributed by atoms with Gasteiger partial charge in [-0.05, 0) is 39.1 Å². The highest BCUT2D eigenvalue weighted by atomic mass is 32.2. The third-order valence-electron chi connectivity index (χ3n) is 4.53. The SMILES string of the molecule is CCN(CC)C(=O)N1CCN(C(=O)c2cccc(S(=O)(=O)NC)c2)CC1. The molecule has 1 aliphatic heterocycles. The van der Waals surface area contributed by atoms with E-state index in [-0.39, 0.29) is 16.8 Å². The maximum Gasteiger partial charge on any atom is 0.320 e. The van der Waals surface area contributed by atoms with Gasteiger partial charge in [0.15, 0.2) is 0 Å². The number of urea groups is 1. The largest absolute Gasteiger partial charge is 0.335 e. The van der Waals surface area contributed by atoms with Gasteiger partial charge < -0.3 is 14.7 Å². The summed E-state index contributed by atoms with van der Waals surface area (Å²) in [4.78, 5) is 30.3. The normalized spacial score (nSPS) is 15.0. The number of hydrogen-bond donors (Lipinski definition) is 1. The Labute approximate surface area is 154 Å². The van der Waals surface area contributed by atoms with Gasteiger partial charge in [0.25, 0.3) is 5.91 Å². The van der Waals surface area contributed by atoms with Crippen molar-refractivity contribution in [3.8, 4) is 0 Å². The Morgan fingerprint density at radius 1 is 1.08 bits per heavy atom. The highest BCUT2D eigenvalue weighted by molar-refractivity contribution is 7.89. The summed E-state index contributed by atoms with van der Waals surface area (Å²) in [5.74, 6) is -0.229. The molecule has 1 N–H and O–H groups in total. The predicted molar refractivity (Wildman–Crippen MR) is 98.5 cm³/mol.